The Hall–Kier alpha value is -4.10. The number of nitrogens with one attached hydrogen (secondary N) is 1. The zero-order valence-electron chi connectivity index (χ0n) is 17.6. The van der Waals surface area contributed by atoms with Crippen LogP contribution in [0.4, 0.5) is 5.69 Å². The molecule has 0 saturated heterocycles. The van der Waals surface area contributed by atoms with Crippen LogP contribution in [-0.4, -0.2) is 46.4 Å². The molecule has 0 amide bonds. The van der Waals surface area contributed by atoms with Gasteiger partial charge >= 0.3 is 5.97 Å². The first-order valence-corrected chi connectivity index (χ1v) is 11.1. The number of nitrogens with zero attached hydrogens (tertiary/aromatic N) is 5. The molecule has 0 atom stereocenters. The third kappa shape index (κ3) is 4.73. The number of rotatable bonds is 7. The van der Waals surface area contributed by atoms with E-state index in [4.69, 9.17) is 9.84 Å². The van der Waals surface area contributed by atoms with Gasteiger partial charge in [0, 0.05) is 5.56 Å². The number of benzene rings is 2. The van der Waals surface area contributed by atoms with Crippen molar-refractivity contribution >= 4 is 27.6 Å². The van der Waals surface area contributed by atoms with Gasteiger partial charge in [0.05, 0.1) is 22.5 Å². The third-order valence-corrected chi connectivity index (χ3v) is 5.61. The number of hydrazone groups is 1. The summed E-state index contributed by atoms with van der Waals surface area (Å²) < 4.78 is 37.3. The summed E-state index contributed by atoms with van der Waals surface area (Å²) in [7, 11) is -4.34. The molecule has 0 fully saturated rings. The van der Waals surface area contributed by atoms with Gasteiger partial charge in [-0.1, -0.05) is 17.4 Å². The van der Waals surface area contributed by atoms with Gasteiger partial charge in [0.15, 0.2) is 12.4 Å². The number of aliphatic carboxylic acids is 1. The summed E-state index contributed by atoms with van der Waals surface area (Å²) >= 11 is 0. The van der Waals surface area contributed by atoms with Crippen molar-refractivity contribution in [2.75, 3.05) is 17.0 Å². The van der Waals surface area contributed by atoms with E-state index >= 15 is 0 Å². The fourth-order valence-corrected chi connectivity index (χ4v) is 3.47. The van der Waals surface area contributed by atoms with Crippen molar-refractivity contribution in [3.63, 3.8) is 0 Å². The smallest absolute Gasteiger partial charge is 0.341 e. The van der Waals surface area contributed by atoms with Gasteiger partial charge in [0.25, 0.3) is 10.1 Å². The highest BCUT2D eigenvalue weighted by molar-refractivity contribution is 7.85. The number of carboxylic acid groups (broad SMARTS) is 1. The predicted molar refractivity (Wildman–Crippen MR) is 118 cm³/mol. The molecule has 2 aromatic carbocycles. The number of carboxylic acids is 1. The quantitative estimate of drug-likeness (QED) is 0.431. The molecule has 0 radical (unpaired) electrons. The van der Waals surface area contributed by atoms with Crippen molar-refractivity contribution in [1.82, 2.24) is 15.3 Å². The van der Waals surface area contributed by atoms with Gasteiger partial charge in [0.2, 0.25) is 0 Å². The largest absolute Gasteiger partial charge is 0.482 e. The zero-order chi connectivity index (χ0) is 23.8. The molecule has 0 bridgehead atoms. The minimum absolute atomic E-state index is 0.243. The molecule has 33 heavy (non-hydrogen) atoms. The topological polar surface area (TPSA) is 150 Å². The summed E-state index contributed by atoms with van der Waals surface area (Å²) in [5, 5.41) is 20.8. The van der Waals surface area contributed by atoms with Crippen LogP contribution in [-0.2, 0) is 14.9 Å². The van der Waals surface area contributed by atoms with E-state index in [2.05, 4.69) is 15.6 Å². The Balaban J connectivity index is 1.70. The molecule has 2 heterocycles. The van der Waals surface area contributed by atoms with Crippen LogP contribution in [0.1, 0.15) is 16.8 Å². The number of amidine groups is 1. The molecule has 0 spiro atoms. The molecule has 13 heteroatoms. The second-order valence-corrected chi connectivity index (χ2v) is 8.56. The summed E-state index contributed by atoms with van der Waals surface area (Å²) in [5.41, 5.74) is 5.96. The van der Waals surface area contributed by atoms with E-state index in [0.29, 0.717) is 22.8 Å². The molecular weight excluding hydrogens is 452 g/mol. The fourth-order valence-electron chi connectivity index (χ4n) is 2.99. The van der Waals surface area contributed by atoms with Crippen molar-refractivity contribution in [3.8, 4) is 5.75 Å². The molecule has 0 unspecified atom stereocenters. The molecule has 172 valence electrons. The molecule has 1 aliphatic heterocycles. The number of anilines is 1. The van der Waals surface area contributed by atoms with Crippen LogP contribution in [0.2, 0.25) is 0 Å². The van der Waals surface area contributed by atoms with Crippen LogP contribution >= 0.6 is 0 Å². The molecule has 4 rings (SSSR count). The molecule has 12 nitrogen and oxygen atoms in total. The first-order valence-electron chi connectivity index (χ1n) is 9.63. The van der Waals surface area contributed by atoms with Crippen LogP contribution in [0.3, 0.4) is 0 Å². The van der Waals surface area contributed by atoms with Crippen LogP contribution in [0.25, 0.3) is 0 Å². The molecule has 3 N–H and O–H groups in total. The van der Waals surface area contributed by atoms with Crippen molar-refractivity contribution in [3.05, 3.63) is 71.5 Å². The highest BCUT2D eigenvalue weighted by Gasteiger charge is 2.28. The number of hydrogen-bond acceptors (Lipinski definition) is 9. The second kappa shape index (κ2) is 8.44. The monoisotopic (exact) mass is 472 g/mol. The Labute approximate surface area is 189 Å². The third-order valence-electron chi connectivity index (χ3n) is 4.74. The highest BCUT2D eigenvalue weighted by atomic mass is 32.2. The summed E-state index contributed by atoms with van der Waals surface area (Å²) in [4.78, 5) is 12.1. The van der Waals surface area contributed by atoms with Crippen LogP contribution in [0.5, 0.6) is 5.75 Å². The lowest BCUT2D eigenvalue weighted by Gasteiger charge is -2.27. The molecule has 3 aromatic rings. The van der Waals surface area contributed by atoms with E-state index < -0.39 is 22.7 Å². The lowest BCUT2D eigenvalue weighted by molar-refractivity contribution is -0.139. The van der Waals surface area contributed by atoms with Crippen LogP contribution < -0.4 is 20.5 Å². The van der Waals surface area contributed by atoms with E-state index in [9.17, 15) is 17.8 Å². The fraction of sp³-hybridized carbons (Fsp3) is 0.150. The summed E-state index contributed by atoms with van der Waals surface area (Å²) in [5.74, 6) is -0.333. The van der Waals surface area contributed by atoms with Crippen LogP contribution in [0, 0.1) is 13.8 Å². The minimum atomic E-state index is -4.34. The Morgan fingerprint density at radius 3 is 2.48 bits per heavy atom. The maximum atomic E-state index is 11.4. The first kappa shape index (κ1) is 22.1. The van der Waals surface area contributed by atoms with Gasteiger partial charge in [-0.25, -0.2) is 4.79 Å². The van der Waals surface area contributed by atoms with Gasteiger partial charge in [0.1, 0.15) is 5.75 Å². The summed E-state index contributed by atoms with van der Waals surface area (Å²) in [6, 6.07) is 12.3. The number of hydrazine groups is 2. The summed E-state index contributed by atoms with van der Waals surface area (Å²) in [6.07, 6.45) is 1.77. The lowest BCUT2D eigenvalue weighted by atomic mass is 10.2. The Bertz CT molecular complexity index is 1320. The SMILES string of the molecule is Cc1cn(N2N=C(c3cccc(OCC(=O)O)c3)NN2c2ccc(S(=O)(=O)O)cc2)nc1C. The molecule has 0 saturated carbocycles. The summed E-state index contributed by atoms with van der Waals surface area (Å²) in [6.45, 7) is 3.28. The van der Waals surface area contributed by atoms with E-state index in [0.717, 1.165) is 11.3 Å². The van der Waals surface area contributed by atoms with E-state index in [1.54, 1.807) is 30.5 Å². The Morgan fingerprint density at radius 1 is 1.15 bits per heavy atom. The average molecular weight is 472 g/mol. The van der Waals surface area contributed by atoms with Crippen molar-refractivity contribution in [1.29, 1.82) is 0 Å². The second-order valence-electron chi connectivity index (χ2n) is 7.14. The molecule has 0 aliphatic carbocycles. The lowest BCUT2D eigenvalue weighted by Crippen LogP contribution is -2.49. The minimum Gasteiger partial charge on any atom is -0.482 e. The number of aryl methyl sites for hydroxylation is 2. The van der Waals surface area contributed by atoms with Crippen molar-refractivity contribution in [2.24, 2.45) is 5.10 Å². The number of ether oxygens (including phenoxy) is 1. The van der Waals surface area contributed by atoms with Gasteiger partial charge in [-0.05, 0) is 55.8 Å². The predicted octanol–water partition coefficient (Wildman–Crippen LogP) is 1.45. The molecule has 1 aliphatic rings. The Morgan fingerprint density at radius 2 is 1.88 bits per heavy atom. The Kier molecular flexibility index (Phi) is 5.66. The number of aromatic nitrogens is 2. The molecular formula is C20H20N6O6S. The van der Waals surface area contributed by atoms with Crippen molar-refractivity contribution in [2.45, 2.75) is 18.7 Å². The standard InChI is InChI=1S/C20H20N6O6S/c1-13-11-24(21-14(13)2)26-23-20(15-4-3-5-17(10-15)32-12-19(27)28)22-25(26)16-6-8-18(9-7-16)33(29,30)31/h3-11H,12H2,1-2H3,(H,22,23)(H,27,28)(H,29,30,31). The highest BCUT2D eigenvalue weighted by Crippen LogP contribution is 2.23. The van der Waals surface area contributed by atoms with Gasteiger partial charge < -0.3 is 9.84 Å². The maximum Gasteiger partial charge on any atom is 0.341 e. The number of hydrogen-bond donors (Lipinski definition) is 3. The van der Waals surface area contributed by atoms with Crippen LogP contribution in [0.15, 0.2) is 64.7 Å². The molecule has 1 aromatic heterocycles. The van der Waals surface area contributed by atoms with E-state index in [1.165, 1.54) is 39.4 Å². The first-order chi connectivity index (χ1) is 15.6. The number of carbonyl (C=O) groups is 1. The van der Waals surface area contributed by atoms with Gasteiger partial charge in [-0.2, -0.15) is 18.6 Å². The van der Waals surface area contributed by atoms with Gasteiger partial charge in [-0.3, -0.25) is 9.98 Å². The zero-order valence-corrected chi connectivity index (χ0v) is 18.4. The van der Waals surface area contributed by atoms with E-state index in [-0.39, 0.29) is 4.90 Å². The van der Waals surface area contributed by atoms with Gasteiger partial charge in [-0.15, -0.1) is 9.89 Å². The normalized spacial score (nSPS) is 13.6. The van der Waals surface area contributed by atoms with E-state index in [1.807, 2.05) is 13.8 Å². The van der Waals surface area contributed by atoms with Crippen molar-refractivity contribution < 1.29 is 27.6 Å². The maximum absolute atomic E-state index is 11.4. The average Bonchev–Trinajstić information content (AvgIpc) is 3.36.